The summed E-state index contributed by atoms with van der Waals surface area (Å²) in [4.78, 5) is 9.24. The van der Waals surface area contributed by atoms with Gasteiger partial charge in [-0.05, 0) is 12.1 Å². The maximum Gasteiger partial charge on any atom is 0.162 e. The molecule has 0 spiro atoms. The Labute approximate surface area is 132 Å². The monoisotopic (exact) mass is 339 g/mol. The third kappa shape index (κ3) is 3.11. The Bertz CT molecular complexity index is 757. The van der Waals surface area contributed by atoms with Crippen molar-refractivity contribution < 1.29 is 0 Å². The Morgan fingerprint density at radius 3 is 2.33 bits per heavy atom. The first-order valence-electron chi connectivity index (χ1n) is 6.64. The van der Waals surface area contributed by atoms with E-state index in [1.807, 2.05) is 67.7 Å². The second-order valence-electron chi connectivity index (χ2n) is 4.59. The molecular weight excluding hydrogens is 326 g/mol. The van der Waals surface area contributed by atoms with Gasteiger partial charge in [-0.1, -0.05) is 58.4 Å². The van der Waals surface area contributed by atoms with Crippen molar-refractivity contribution in [3.8, 4) is 22.6 Å². The molecule has 104 valence electrons. The first-order chi connectivity index (χ1) is 10.3. The van der Waals surface area contributed by atoms with Gasteiger partial charge in [-0.3, -0.25) is 0 Å². The van der Waals surface area contributed by atoms with E-state index in [0.717, 1.165) is 27.1 Å². The predicted octanol–water partition coefficient (Wildman–Crippen LogP) is 4.61. The van der Waals surface area contributed by atoms with Gasteiger partial charge < -0.3 is 5.32 Å². The average Bonchev–Trinajstić information content (AvgIpc) is 2.55. The fourth-order valence-corrected chi connectivity index (χ4v) is 2.49. The van der Waals surface area contributed by atoms with Gasteiger partial charge in [0.15, 0.2) is 5.82 Å². The topological polar surface area (TPSA) is 37.8 Å². The number of rotatable bonds is 3. The summed E-state index contributed by atoms with van der Waals surface area (Å²) in [5, 5.41) is 3.10. The summed E-state index contributed by atoms with van der Waals surface area (Å²) in [7, 11) is 1.86. The van der Waals surface area contributed by atoms with Crippen LogP contribution in [-0.2, 0) is 0 Å². The summed E-state index contributed by atoms with van der Waals surface area (Å²) < 4.78 is 1.01. The molecule has 0 saturated heterocycles. The molecule has 0 aliphatic heterocycles. The molecule has 0 unspecified atom stereocenters. The number of nitrogens with one attached hydrogen (secondary N) is 1. The highest BCUT2D eigenvalue weighted by Crippen LogP contribution is 2.25. The number of aromatic nitrogens is 2. The van der Waals surface area contributed by atoms with Crippen molar-refractivity contribution in [2.24, 2.45) is 0 Å². The van der Waals surface area contributed by atoms with Crippen LogP contribution >= 0.6 is 15.9 Å². The van der Waals surface area contributed by atoms with Crippen LogP contribution in [0.25, 0.3) is 22.6 Å². The molecular formula is C17H14BrN3. The van der Waals surface area contributed by atoms with Gasteiger partial charge in [-0.2, -0.15) is 0 Å². The van der Waals surface area contributed by atoms with Gasteiger partial charge >= 0.3 is 0 Å². The minimum atomic E-state index is 0.710. The van der Waals surface area contributed by atoms with Crippen LogP contribution < -0.4 is 5.32 Å². The van der Waals surface area contributed by atoms with E-state index in [2.05, 4.69) is 26.2 Å². The molecule has 0 aliphatic carbocycles. The quantitative estimate of drug-likeness (QED) is 0.756. The van der Waals surface area contributed by atoms with Gasteiger partial charge in [0, 0.05) is 28.7 Å². The summed E-state index contributed by atoms with van der Waals surface area (Å²) in [5.41, 5.74) is 2.97. The molecule has 21 heavy (non-hydrogen) atoms. The highest BCUT2D eigenvalue weighted by Gasteiger charge is 2.08. The van der Waals surface area contributed by atoms with Gasteiger partial charge in [-0.15, -0.1) is 0 Å². The molecule has 0 saturated carbocycles. The summed E-state index contributed by atoms with van der Waals surface area (Å²) in [6.45, 7) is 0. The molecule has 0 amide bonds. The Kier molecular flexibility index (Phi) is 3.97. The SMILES string of the molecule is CNc1cc(-c2ccccc2)nc(-c2cccc(Br)c2)n1. The van der Waals surface area contributed by atoms with Gasteiger partial charge in [0.25, 0.3) is 0 Å². The Morgan fingerprint density at radius 2 is 1.62 bits per heavy atom. The molecule has 1 aromatic heterocycles. The van der Waals surface area contributed by atoms with E-state index in [-0.39, 0.29) is 0 Å². The summed E-state index contributed by atoms with van der Waals surface area (Å²) in [5.74, 6) is 1.51. The third-order valence-electron chi connectivity index (χ3n) is 3.13. The maximum absolute atomic E-state index is 4.69. The lowest BCUT2D eigenvalue weighted by molar-refractivity contribution is 1.17. The lowest BCUT2D eigenvalue weighted by Gasteiger charge is -2.08. The van der Waals surface area contributed by atoms with Gasteiger partial charge in [0.05, 0.1) is 5.69 Å². The van der Waals surface area contributed by atoms with Crippen LogP contribution in [0.5, 0.6) is 0 Å². The fourth-order valence-electron chi connectivity index (χ4n) is 2.09. The zero-order chi connectivity index (χ0) is 14.7. The molecule has 0 atom stereocenters. The molecule has 3 aromatic rings. The Hall–Kier alpha value is -2.20. The van der Waals surface area contributed by atoms with Crippen molar-refractivity contribution in [2.45, 2.75) is 0 Å². The molecule has 3 nitrogen and oxygen atoms in total. The molecule has 0 bridgehead atoms. The van der Waals surface area contributed by atoms with Gasteiger partial charge in [0.1, 0.15) is 5.82 Å². The standard InChI is InChI=1S/C17H14BrN3/c1-19-16-11-15(12-6-3-2-4-7-12)20-17(21-16)13-8-5-9-14(18)10-13/h2-11H,1H3,(H,19,20,21). The van der Waals surface area contributed by atoms with Crippen LogP contribution in [0.4, 0.5) is 5.82 Å². The highest BCUT2D eigenvalue weighted by molar-refractivity contribution is 9.10. The molecule has 3 rings (SSSR count). The number of hydrogen-bond donors (Lipinski definition) is 1. The highest BCUT2D eigenvalue weighted by atomic mass is 79.9. The largest absolute Gasteiger partial charge is 0.373 e. The third-order valence-corrected chi connectivity index (χ3v) is 3.63. The van der Waals surface area contributed by atoms with E-state index >= 15 is 0 Å². The number of nitrogens with zero attached hydrogens (tertiary/aromatic N) is 2. The summed E-state index contributed by atoms with van der Waals surface area (Å²) in [6, 6.07) is 20.1. The van der Waals surface area contributed by atoms with Crippen LogP contribution in [0, 0.1) is 0 Å². The van der Waals surface area contributed by atoms with Crippen LogP contribution in [0.15, 0.2) is 65.1 Å². The first-order valence-corrected chi connectivity index (χ1v) is 7.44. The van der Waals surface area contributed by atoms with Crippen LogP contribution in [-0.4, -0.2) is 17.0 Å². The van der Waals surface area contributed by atoms with E-state index in [0.29, 0.717) is 5.82 Å². The van der Waals surface area contributed by atoms with Gasteiger partial charge in [-0.25, -0.2) is 9.97 Å². The molecule has 0 aliphatic rings. The normalized spacial score (nSPS) is 10.4. The van der Waals surface area contributed by atoms with Crippen LogP contribution in [0.2, 0.25) is 0 Å². The second-order valence-corrected chi connectivity index (χ2v) is 5.50. The molecule has 1 N–H and O–H groups in total. The van der Waals surface area contributed by atoms with Crippen molar-refractivity contribution in [1.82, 2.24) is 9.97 Å². The van der Waals surface area contributed by atoms with E-state index < -0.39 is 0 Å². The number of halogens is 1. The van der Waals surface area contributed by atoms with E-state index in [9.17, 15) is 0 Å². The van der Waals surface area contributed by atoms with E-state index in [1.54, 1.807) is 0 Å². The van der Waals surface area contributed by atoms with Crippen molar-refractivity contribution in [3.05, 3.63) is 65.1 Å². The van der Waals surface area contributed by atoms with E-state index in [1.165, 1.54) is 0 Å². The predicted molar refractivity (Wildman–Crippen MR) is 90.2 cm³/mol. The maximum atomic E-state index is 4.69. The van der Waals surface area contributed by atoms with Gasteiger partial charge in [0.2, 0.25) is 0 Å². The summed E-state index contributed by atoms with van der Waals surface area (Å²) in [6.07, 6.45) is 0. The molecule has 4 heteroatoms. The fraction of sp³-hybridized carbons (Fsp3) is 0.0588. The lowest BCUT2D eigenvalue weighted by atomic mass is 10.1. The number of anilines is 1. The molecule has 0 radical (unpaired) electrons. The minimum absolute atomic E-state index is 0.710. The molecule has 2 aromatic carbocycles. The van der Waals surface area contributed by atoms with Crippen LogP contribution in [0.3, 0.4) is 0 Å². The van der Waals surface area contributed by atoms with Crippen LogP contribution in [0.1, 0.15) is 0 Å². The second kappa shape index (κ2) is 6.06. The smallest absolute Gasteiger partial charge is 0.162 e. The van der Waals surface area contributed by atoms with Crippen molar-refractivity contribution in [3.63, 3.8) is 0 Å². The lowest BCUT2D eigenvalue weighted by Crippen LogP contribution is -1.98. The zero-order valence-electron chi connectivity index (χ0n) is 11.5. The first kappa shape index (κ1) is 13.8. The molecule has 1 heterocycles. The number of benzene rings is 2. The van der Waals surface area contributed by atoms with Crippen molar-refractivity contribution >= 4 is 21.7 Å². The number of hydrogen-bond acceptors (Lipinski definition) is 3. The Balaban J connectivity index is 2.14. The van der Waals surface area contributed by atoms with Crippen molar-refractivity contribution in [2.75, 3.05) is 12.4 Å². The summed E-state index contributed by atoms with van der Waals surface area (Å²) >= 11 is 3.49. The van der Waals surface area contributed by atoms with E-state index in [4.69, 9.17) is 4.98 Å². The zero-order valence-corrected chi connectivity index (χ0v) is 13.1. The molecule has 0 fully saturated rings. The Morgan fingerprint density at radius 1 is 0.857 bits per heavy atom. The van der Waals surface area contributed by atoms with Crippen molar-refractivity contribution in [1.29, 1.82) is 0 Å². The minimum Gasteiger partial charge on any atom is -0.373 e. The average molecular weight is 340 g/mol.